The number of guanidine groups is 1. The topological polar surface area (TPSA) is 65.5 Å². The molecule has 0 heterocycles. The van der Waals surface area contributed by atoms with Crippen molar-refractivity contribution in [3.05, 3.63) is 35.9 Å². The third-order valence-corrected chi connectivity index (χ3v) is 3.18. The van der Waals surface area contributed by atoms with Crippen molar-refractivity contribution in [1.29, 1.82) is 0 Å². The van der Waals surface area contributed by atoms with Crippen LogP contribution in [0, 0.1) is 5.41 Å². The highest BCUT2D eigenvalue weighted by atomic mass is 127. The molecule has 5 nitrogen and oxygen atoms in total. The Bertz CT molecular complexity index is 474. The van der Waals surface area contributed by atoms with Crippen molar-refractivity contribution in [2.24, 2.45) is 10.4 Å². The van der Waals surface area contributed by atoms with E-state index >= 15 is 0 Å². The van der Waals surface area contributed by atoms with E-state index in [1.54, 1.807) is 7.05 Å². The summed E-state index contributed by atoms with van der Waals surface area (Å²) in [6.45, 7) is 7.60. The second kappa shape index (κ2) is 10.4. The first-order valence-corrected chi connectivity index (χ1v) is 7.26. The molecule has 0 spiro atoms. The molecule has 0 saturated heterocycles. The van der Waals surface area contributed by atoms with E-state index < -0.39 is 5.41 Å². The molecule has 3 N–H and O–H groups in total. The van der Waals surface area contributed by atoms with Crippen LogP contribution in [0.5, 0.6) is 0 Å². The Labute approximate surface area is 150 Å². The normalized spacial score (nSPS) is 11.4. The molecule has 0 aliphatic carbocycles. The van der Waals surface area contributed by atoms with Crippen molar-refractivity contribution >= 4 is 35.8 Å². The molecule has 0 radical (unpaired) electrons. The molecular formula is C16H27IN4O. The number of carbonyl (C=O) groups excluding carboxylic acids is 1. The Morgan fingerprint density at radius 1 is 1.14 bits per heavy atom. The highest BCUT2D eigenvalue weighted by Crippen LogP contribution is 2.13. The van der Waals surface area contributed by atoms with Gasteiger partial charge in [0.2, 0.25) is 5.91 Å². The number of aliphatic imine (C=N–C) groups is 1. The minimum Gasteiger partial charge on any atom is -0.356 e. The predicted octanol–water partition coefficient (Wildman–Crippen LogP) is 2.13. The summed E-state index contributed by atoms with van der Waals surface area (Å²) in [5.74, 6) is 0.729. The number of benzene rings is 1. The van der Waals surface area contributed by atoms with Gasteiger partial charge in [0.05, 0.1) is 5.41 Å². The van der Waals surface area contributed by atoms with Gasteiger partial charge in [0.15, 0.2) is 5.96 Å². The summed E-state index contributed by atoms with van der Waals surface area (Å²) < 4.78 is 0. The van der Waals surface area contributed by atoms with Gasteiger partial charge in [-0.1, -0.05) is 30.3 Å². The van der Waals surface area contributed by atoms with E-state index in [4.69, 9.17) is 0 Å². The van der Waals surface area contributed by atoms with Gasteiger partial charge in [0.1, 0.15) is 0 Å². The number of hydrogen-bond acceptors (Lipinski definition) is 2. The first kappa shape index (κ1) is 20.7. The maximum atomic E-state index is 11.9. The smallest absolute Gasteiger partial charge is 0.227 e. The van der Waals surface area contributed by atoms with Crippen LogP contribution in [0.4, 0.5) is 0 Å². The van der Waals surface area contributed by atoms with Crippen LogP contribution >= 0.6 is 24.0 Å². The molecule has 0 aliphatic rings. The van der Waals surface area contributed by atoms with Crippen molar-refractivity contribution in [3.8, 4) is 0 Å². The monoisotopic (exact) mass is 418 g/mol. The number of carbonyl (C=O) groups is 1. The van der Waals surface area contributed by atoms with Crippen molar-refractivity contribution in [2.45, 2.75) is 27.3 Å². The highest BCUT2D eigenvalue weighted by molar-refractivity contribution is 14.0. The van der Waals surface area contributed by atoms with Crippen LogP contribution in [0.1, 0.15) is 26.3 Å². The molecule has 124 valence electrons. The molecule has 0 atom stereocenters. The average molecular weight is 418 g/mol. The molecule has 0 aromatic heterocycles. The van der Waals surface area contributed by atoms with E-state index in [9.17, 15) is 4.79 Å². The molecule has 0 saturated carbocycles. The zero-order chi connectivity index (χ0) is 15.7. The Morgan fingerprint density at radius 2 is 1.77 bits per heavy atom. The lowest BCUT2D eigenvalue weighted by Gasteiger charge is -2.24. The standard InChI is InChI=1S/C16H26N4O.HI/c1-5-18-14(21)16(2,3)12-20-15(17-4)19-11-13-9-7-6-8-10-13;/h6-10H,5,11-12H2,1-4H3,(H,18,21)(H2,17,19,20);1H. The summed E-state index contributed by atoms with van der Waals surface area (Å²) in [6, 6.07) is 10.1. The molecule has 1 amide bonds. The van der Waals surface area contributed by atoms with Crippen LogP contribution in [0.2, 0.25) is 0 Å². The van der Waals surface area contributed by atoms with E-state index in [0.717, 1.165) is 0 Å². The van der Waals surface area contributed by atoms with Gasteiger partial charge in [-0.05, 0) is 26.3 Å². The Kier molecular flexibility index (Phi) is 9.80. The molecule has 1 aromatic rings. The fraction of sp³-hybridized carbons (Fsp3) is 0.500. The molecule has 0 unspecified atom stereocenters. The van der Waals surface area contributed by atoms with Crippen LogP contribution in [0.25, 0.3) is 0 Å². The molecule has 22 heavy (non-hydrogen) atoms. The Hall–Kier alpha value is -1.31. The lowest BCUT2D eigenvalue weighted by Crippen LogP contribution is -2.47. The van der Waals surface area contributed by atoms with Gasteiger partial charge in [-0.3, -0.25) is 9.79 Å². The lowest BCUT2D eigenvalue weighted by atomic mass is 9.92. The van der Waals surface area contributed by atoms with Crippen molar-refractivity contribution in [1.82, 2.24) is 16.0 Å². The maximum absolute atomic E-state index is 11.9. The number of amides is 1. The van der Waals surface area contributed by atoms with Gasteiger partial charge >= 0.3 is 0 Å². The number of nitrogens with zero attached hydrogens (tertiary/aromatic N) is 1. The van der Waals surface area contributed by atoms with Crippen molar-refractivity contribution in [3.63, 3.8) is 0 Å². The predicted molar refractivity (Wildman–Crippen MR) is 103 cm³/mol. The van der Waals surface area contributed by atoms with E-state index in [-0.39, 0.29) is 29.9 Å². The summed E-state index contributed by atoms with van der Waals surface area (Å²) in [7, 11) is 1.72. The number of rotatable bonds is 6. The molecular weight excluding hydrogens is 391 g/mol. The summed E-state index contributed by atoms with van der Waals surface area (Å²) >= 11 is 0. The third kappa shape index (κ3) is 7.11. The van der Waals surface area contributed by atoms with Gasteiger partial charge in [-0.2, -0.15) is 0 Å². The summed E-state index contributed by atoms with van der Waals surface area (Å²) in [4.78, 5) is 16.1. The molecule has 6 heteroatoms. The zero-order valence-corrected chi connectivity index (χ0v) is 16.1. The average Bonchev–Trinajstić information content (AvgIpc) is 2.48. The van der Waals surface area contributed by atoms with Gasteiger partial charge in [-0.15, -0.1) is 24.0 Å². The van der Waals surface area contributed by atoms with Crippen molar-refractivity contribution < 1.29 is 4.79 Å². The second-order valence-electron chi connectivity index (χ2n) is 5.51. The Balaban J connectivity index is 0.00000441. The molecule has 0 aliphatic heterocycles. The van der Waals surface area contributed by atoms with Gasteiger partial charge in [0, 0.05) is 26.7 Å². The number of halogens is 1. The van der Waals surface area contributed by atoms with Crippen LogP contribution in [0.15, 0.2) is 35.3 Å². The fourth-order valence-corrected chi connectivity index (χ4v) is 1.79. The minimum absolute atomic E-state index is 0. The second-order valence-corrected chi connectivity index (χ2v) is 5.51. The van der Waals surface area contributed by atoms with E-state index in [0.29, 0.717) is 25.6 Å². The van der Waals surface area contributed by atoms with Gasteiger partial charge in [-0.25, -0.2) is 0 Å². The molecule has 1 rings (SSSR count). The van der Waals surface area contributed by atoms with Crippen molar-refractivity contribution in [2.75, 3.05) is 20.1 Å². The molecule has 1 aromatic carbocycles. The van der Waals surface area contributed by atoms with Crippen LogP contribution in [0.3, 0.4) is 0 Å². The fourth-order valence-electron chi connectivity index (χ4n) is 1.79. The number of hydrogen-bond donors (Lipinski definition) is 3. The van der Waals surface area contributed by atoms with Gasteiger partial charge < -0.3 is 16.0 Å². The zero-order valence-electron chi connectivity index (χ0n) is 13.8. The number of nitrogens with one attached hydrogen (secondary N) is 3. The van der Waals surface area contributed by atoms with Crippen LogP contribution in [-0.4, -0.2) is 32.0 Å². The quantitative estimate of drug-likeness (QED) is 0.377. The first-order valence-electron chi connectivity index (χ1n) is 7.26. The Morgan fingerprint density at radius 3 is 2.32 bits per heavy atom. The molecule has 0 fully saturated rings. The van der Waals surface area contributed by atoms with E-state index in [1.165, 1.54) is 5.56 Å². The lowest BCUT2D eigenvalue weighted by molar-refractivity contribution is -0.128. The summed E-state index contributed by atoms with van der Waals surface area (Å²) in [6.07, 6.45) is 0. The van der Waals surface area contributed by atoms with E-state index in [1.807, 2.05) is 39.0 Å². The highest BCUT2D eigenvalue weighted by Gasteiger charge is 2.27. The maximum Gasteiger partial charge on any atom is 0.227 e. The first-order chi connectivity index (χ1) is 9.99. The summed E-state index contributed by atoms with van der Waals surface area (Å²) in [5, 5.41) is 9.28. The van der Waals surface area contributed by atoms with Crippen LogP contribution in [-0.2, 0) is 11.3 Å². The largest absolute Gasteiger partial charge is 0.356 e. The molecule has 0 bridgehead atoms. The van der Waals surface area contributed by atoms with E-state index in [2.05, 4.69) is 33.1 Å². The third-order valence-electron chi connectivity index (χ3n) is 3.18. The van der Waals surface area contributed by atoms with Crippen LogP contribution < -0.4 is 16.0 Å². The SMILES string of the molecule is CCNC(=O)C(C)(C)CNC(=NC)NCc1ccccc1.I. The summed E-state index contributed by atoms with van der Waals surface area (Å²) in [5.41, 5.74) is 0.698. The van der Waals surface area contributed by atoms with Gasteiger partial charge in [0.25, 0.3) is 0 Å². The minimum atomic E-state index is -0.486.